The molecule has 6 heteroatoms. The quantitative estimate of drug-likeness (QED) is 0.779. The summed E-state index contributed by atoms with van der Waals surface area (Å²) >= 11 is 6.17. The lowest BCUT2D eigenvalue weighted by molar-refractivity contribution is 0.777. The first-order valence-electron chi connectivity index (χ1n) is 5.91. The highest BCUT2D eigenvalue weighted by Gasteiger charge is 2.49. The van der Waals surface area contributed by atoms with Crippen molar-refractivity contribution in [3.8, 4) is 6.07 Å². The van der Waals surface area contributed by atoms with E-state index in [4.69, 9.17) is 16.9 Å². The van der Waals surface area contributed by atoms with E-state index in [-0.39, 0.29) is 5.92 Å². The fraction of sp³-hybridized carbons (Fsp3) is 0.500. The second-order valence-electron chi connectivity index (χ2n) is 5.00. The standard InChI is InChI=1S/C12H12ClN5/c1-7(2)8-5-9(13)18-11(15-8)16-10(17-18)12(6-14)3-4-12/h5,7H,3-4H2,1-2H3. The van der Waals surface area contributed by atoms with Crippen molar-refractivity contribution in [3.05, 3.63) is 22.7 Å². The zero-order chi connectivity index (χ0) is 12.9. The summed E-state index contributed by atoms with van der Waals surface area (Å²) < 4.78 is 1.50. The lowest BCUT2D eigenvalue weighted by Crippen LogP contribution is -2.05. The van der Waals surface area contributed by atoms with Gasteiger partial charge in [0.1, 0.15) is 10.6 Å². The molecule has 2 aromatic heterocycles. The summed E-state index contributed by atoms with van der Waals surface area (Å²) in [5.74, 6) is 1.29. The molecule has 1 saturated carbocycles. The molecule has 1 aliphatic rings. The largest absolute Gasteiger partial charge is 0.254 e. The normalized spacial score (nSPS) is 17.1. The predicted molar refractivity (Wildman–Crippen MR) is 66.4 cm³/mol. The molecule has 0 spiro atoms. The maximum Gasteiger partial charge on any atom is 0.254 e. The van der Waals surface area contributed by atoms with Gasteiger partial charge in [0.2, 0.25) is 0 Å². The van der Waals surface area contributed by atoms with Gasteiger partial charge in [-0.05, 0) is 24.8 Å². The summed E-state index contributed by atoms with van der Waals surface area (Å²) in [4.78, 5) is 8.78. The number of fused-ring (bicyclic) bond motifs is 1. The SMILES string of the molecule is CC(C)c1cc(Cl)n2nc(C3(C#N)CC3)nc2n1. The minimum absolute atomic E-state index is 0.276. The minimum atomic E-state index is -0.505. The molecule has 0 atom stereocenters. The highest BCUT2D eigenvalue weighted by atomic mass is 35.5. The highest BCUT2D eigenvalue weighted by Crippen LogP contribution is 2.46. The Hall–Kier alpha value is -1.67. The van der Waals surface area contributed by atoms with Gasteiger partial charge in [-0.1, -0.05) is 25.4 Å². The van der Waals surface area contributed by atoms with Crippen molar-refractivity contribution in [3.63, 3.8) is 0 Å². The van der Waals surface area contributed by atoms with Gasteiger partial charge in [-0.3, -0.25) is 0 Å². The van der Waals surface area contributed by atoms with Crippen LogP contribution in [0.1, 0.15) is 44.1 Å². The van der Waals surface area contributed by atoms with Gasteiger partial charge in [0, 0.05) is 0 Å². The Morgan fingerprint density at radius 1 is 1.44 bits per heavy atom. The van der Waals surface area contributed by atoms with Crippen molar-refractivity contribution in [2.24, 2.45) is 0 Å². The van der Waals surface area contributed by atoms with Gasteiger partial charge in [0.15, 0.2) is 5.82 Å². The maximum absolute atomic E-state index is 9.15. The fourth-order valence-electron chi connectivity index (χ4n) is 1.86. The van der Waals surface area contributed by atoms with Crippen molar-refractivity contribution in [2.45, 2.75) is 38.0 Å². The van der Waals surface area contributed by atoms with Crippen LogP contribution in [-0.4, -0.2) is 19.6 Å². The van der Waals surface area contributed by atoms with Crippen LogP contribution < -0.4 is 0 Å². The molecule has 2 aromatic rings. The predicted octanol–water partition coefficient (Wildman–Crippen LogP) is 2.46. The summed E-state index contributed by atoms with van der Waals surface area (Å²) in [6.45, 7) is 4.09. The zero-order valence-electron chi connectivity index (χ0n) is 10.2. The van der Waals surface area contributed by atoms with Gasteiger partial charge in [0.05, 0.1) is 11.8 Å². The first kappa shape index (κ1) is 11.4. The van der Waals surface area contributed by atoms with Gasteiger partial charge in [0.25, 0.3) is 5.78 Å². The number of hydrogen-bond acceptors (Lipinski definition) is 4. The van der Waals surface area contributed by atoms with E-state index >= 15 is 0 Å². The van der Waals surface area contributed by atoms with Gasteiger partial charge < -0.3 is 0 Å². The summed E-state index contributed by atoms with van der Waals surface area (Å²) in [5, 5.41) is 13.9. The van der Waals surface area contributed by atoms with E-state index in [1.54, 1.807) is 6.07 Å². The van der Waals surface area contributed by atoms with Crippen LogP contribution in [0.2, 0.25) is 5.15 Å². The third kappa shape index (κ3) is 1.57. The number of halogens is 1. The Bertz CT molecular complexity index is 663. The van der Waals surface area contributed by atoms with Crippen molar-refractivity contribution in [1.82, 2.24) is 19.6 Å². The Kier molecular flexibility index (Phi) is 2.32. The molecule has 18 heavy (non-hydrogen) atoms. The molecule has 1 fully saturated rings. The Labute approximate surface area is 109 Å². The topological polar surface area (TPSA) is 66.9 Å². The molecule has 0 unspecified atom stereocenters. The van der Waals surface area contributed by atoms with Crippen LogP contribution >= 0.6 is 11.6 Å². The van der Waals surface area contributed by atoms with Crippen LogP contribution in [0.4, 0.5) is 0 Å². The summed E-state index contributed by atoms with van der Waals surface area (Å²) in [6, 6.07) is 4.07. The lowest BCUT2D eigenvalue weighted by Gasteiger charge is -2.04. The molecule has 5 nitrogen and oxygen atoms in total. The molecule has 0 radical (unpaired) electrons. The molecule has 0 aliphatic heterocycles. The second-order valence-corrected chi connectivity index (χ2v) is 5.39. The first-order chi connectivity index (χ1) is 8.55. The monoisotopic (exact) mass is 261 g/mol. The third-order valence-corrected chi connectivity index (χ3v) is 3.54. The smallest absolute Gasteiger partial charge is 0.216 e. The Morgan fingerprint density at radius 3 is 2.72 bits per heavy atom. The molecule has 3 rings (SSSR count). The number of nitriles is 1. The first-order valence-corrected chi connectivity index (χ1v) is 6.28. The molecule has 0 bridgehead atoms. The average Bonchev–Trinajstić information content (AvgIpc) is 3.02. The van der Waals surface area contributed by atoms with Gasteiger partial charge in [-0.25, -0.2) is 4.98 Å². The summed E-state index contributed by atoms with van der Waals surface area (Å²) in [6.07, 6.45) is 1.63. The van der Waals surface area contributed by atoms with Gasteiger partial charge in [-0.15, -0.1) is 5.10 Å². The van der Waals surface area contributed by atoms with E-state index in [9.17, 15) is 0 Å². The number of aromatic nitrogens is 4. The molecule has 0 amide bonds. The second kappa shape index (κ2) is 3.66. The van der Waals surface area contributed by atoms with Crippen LogP contribution in [0, 0.1) is 11.3 Å². The van der Waals surface area contributed by atoms with E-state index in [1.807, 2.05) is 13.8 Å². The van der Waals surface area contributed by atoms with Gasteiger partial charge in [-0.2, -0.15) is 14.8 Å². The van der Waals surface area contributed by atoms with Crippen LogP contribution in [0.15, 0.2) is 6.07 Å². The van der Waals surface area contributed by atoms with Crippen molar-refractivity contribution >= 4 is 17.4 Å². The van der Waals surface area contributed by atoms with Crippen LogP contribution in [0.3, 0.4) is 0 Å². The van der Waals surface area contributed by atoms with Gasteiger partial charge >= 0.3 is 0 Å². The van der Waals surface area contributed by atoms with Crippen LogP contribution in [0.5, 0.6) is 0 Å². The molecule has 0 aromatic carbocycles. The van der Waals surface area contributed by atoms with E-state index in [2.05, 4.69) is 21.1 Å². The fourth-order valence-corrected chi connectivity index (χ4v) is 2.08. The zero-order valence-corrected chi connectivity index (χ0v) is 10.9. The van der Waals surface area contributed by atoms with Crippen molar-refractivity contribution < 1.29 is 0 Å². The summed E-state index contributed by atoms with van der Waals surface area (Å²) in [7, 11) is 0. The highest BCUT2D eigenvalue weighted by molar-refractivity contribution is 6.29. The van der Waals surface area contributed by atoms with Crippen LogP contribution in [-0.2, 0) is 5.41 Å². The van der Waals surface area contributed by atoms with Crippen molar-refractivity contribution in [1.29, 1.82) is 5.26 Å². The molecule has 2 heterocycles. The Morgan fingerprint density at radius 2 is 2.17 bits per heavy atom. The number of rotatable bonds is 2. The third-order valence-electron chi connectivity index (χ3n) is 3.27. The van der Waals surface area contributed by atoms with E-state index in [0.29, 0.717) is 16.8 Å². The van der Waals surface area contributed by atoms with E-state index in [0.717, 1.165) is 18.5 Å². The maximum atomic E-state index is 9.15. The Balaban J connectivity index is 2.18. The molecule has 1 aliphatic carbocycles. The lowest BCUT2D eigenvalue weighted by atomic mass is 10.1. The molecular weight excluding hydrogens is 250 g/mol. The molecular formula is C12H12ClN5. The van der Waals surface area contributed by atoms with E-state index < -0.39 is 5.41 Å². The molecule has 92 valence electrons. The van der Waals surface area contributed by atoms with E-state index in [1.165, 1.54) is 4.52 Å². The van der Waals surface area contributed by atoms with Crippen molar-refractivity contribution in [2.75, 3.05) is 0 Å². The van der Waals surface area contributed by atoms with Crippen LogP contribution in [0.25, 0.3) is 5.78 Å². The molecule has 0 N–H and O–H groups in total. The molecule has 0 saturated heterocycles. The number of nitrogens with zero attached hydrogens (tertiary/aromatic N) is 5. The average molecular weight is 262 g/mol. The summed E-state index contributed by atoms with van der Waals surface area (Å²) in [5.41, 5.74) is 0.378. The minimum Gasteiger partial charge on any atom is -0.216 e. The number of hydrogen-bond donors (Lipinski definition) is 0.